The maximum atomic E-state index is 11.2. The van der Waals surface area contributed by atoms with Gasteiger partial charge in [-0.1, -0.05) is 12.8 Å². The fourth-order valence-electron chi connectivity index (χ4n) is 1.75. The van der Waals surface area contributed by atoms with E-state index in [9.17, 15) is 4.79 Å². The fourth-order valence-corrected chi connectivity index (χ4v) is 1.75. The van der Waals surface area contributed by atoms with Crippen LogP contribution in [0.5, 0.6) is 0 Å². The van der Waals surface area contributed by atoms with Gasteiger partial charge in [0.15, 0.2) is 0 Å². The zero-order valence-corrected chi connectivity index (χ0v) is 9.38. The largest absolute Gasteiger partial charge is 0.345 e. The second-order valence-electron chi connectivity index (χ2n) is 4.04. The van der Waals surface area contributed by atoms with E-state index in [1.165, 1.54) is 12.8 Å². The predicted molar refractivity (Wildman–Crippen MR) is 61.3 cm³/mol. The van der Waals surface area contributed by atoms with Gasteiger partial charge in [0, 0.05) is 19.0 Å². The summed E-state index contributed by atoms with van der Waals surface area (Å²) in [5.74, 6) is 3.27. The standard InChI is InChI=1S/C12H20N2O/c1-3-8-14-12(15)7-9-13-11(4-2)10-5-6-10/h1,10-11,13H,4-9H2,2H3,(H,14,15). The Bertz CT molecular complexity index is 240. The van der Waals surface area contributed by atoms with Crippen LogP contribution in [-0.4, -0.2) is 25.0 Å². The zero-order chi connectivity index (χ0) is 11.1. The zero-order valence-electron chi connectivity index (χ0n) is 9.38. The highest BCUT2D eigenvalue weighted by molar-refractivity contribution is 5.76. The van der Waals surface area contributed by atoms with Gasteiger partial charge in [-0.2, -0.15) is 0 Å². The molecule has 0 aliphatic heterocycles. The first-order valence-electron chi connectivity index (χ1n) is 5.71. The molecule has 2 N–H and O–H groups in total. The molecular weight excluding hydrogens is 188 g/mol. The van der Waals surface area contributed by atoms with E-state index in [1.807, 2.05) is 0 Å². The third-order valence-corrected chi connectivity index (χ3v) is 2.78. The topological polar surface area (TPSA) is 41.1 Å². The van der Waals surface area contributed by atoms with Gasteiger partial charge in [0.2, 0.25) is 5.91 Å². The molecule has 84 valence electrons. The number of hydrogen-bond donors (Lipinski definition) is 2. The normalized spacial score (nSPS) is 16.8. The summed E-state index contributed by atoms with van der Waals surface area (Å²) in [6, 6.07) is 0.602. The summed E-state index contributed by atoms with van der Waals surface area (Å²) in [7, 11) is 0. The van der Waals surface area contributed by atoms with Crippen molar-refractivity contribution in [1.82, 2.24) is 10.6 Å². The Labute approximate surface area is 92.0 Å². The molecule has 1 fully saturated rings. The molecule has 1 rings (SSSR count). The second kappa shape index (κ2) is 6.47. The molecule has 1 atom stereocenters. The minimum absolute atomic E-state index is 0.0334. The van der Waals surface area contributed by atoms with Gasteiger partial charge < -0.3 is 10.6 Å². The molecule has 1 amide bonds. The van der Waals surface area contributed by atoms with E-state index in [2.05, 4.69) is 23.5 Å². The van der Waals surface area contributed by atoms with E-state index >= 15 is 0 Å². The van der Waals surface area contributed by atoms with Crippen molar-refractivity contribution in [2.24, 2.45) is 5.92 Å². The molecule has 3 heteroatoms. The van der Waals surface area contributed by atoms with Crippen molar-refractivity contribution < 1.29 is 4.79 Å². The molecule has 3 nitrogen and oxygen atoms in total. The minimum Gasteiger partial charge on any atom is -0.345 e. The first-order chi connectivity index (χ1) is 7.27. The SMILES string of the molecule is C#CCNC(=O)CCNC(CC)C1CC1. The Kier molecular flexibility index (Phi) is 5.20. The van der Waals surface area contributed by atoms with Crippen LogP contribution in [0.3, 0.4) is 0 Å². The average Bonchev–Trinajstić information content (AvgIpc) is 3.05. The van der Waals surface area contributed by atoms with Gasteiger partial charge in [-0.3, -0.25) is 4.79 Å². The van der Waals surface area contributed by atoms with E-state index in [1.54, 1.807) is 0 Å². The van der Waals surface area contributed by atoms with Gasteiger partial charge in [-0.05, 0) is 25.2 Å². The average molecular weight is 208 g/mol. The third kappa shape index (κ3) is 4.85. The summed E-state index contributed by atoms with van der Waals surface area (Å²) in [5, 5.41) is 6.08. The van der Waals surface area contributed by atoms with Crippen molar-refractivity contribution in [3.05, 3.63) is 0 Å². The summed E-state index contributed by atoms with van der Waals surface area (Å²) in [5.41, 5.74) is 0. The van der Waals surface area contributed by atoms with Crippen LogP contribution in [0.15, 0.2) is 0 Å². The van der Waals surface area contributed by atoms with E-state index in [0.29, 0.717) is 19.0 Å². The van der Waals surface area contributed by atoms with Crippen molar-refractivity contribution in [3.63, 3.8) is 0 Å². The van der Waals surface area contributed by atoms with Crippen LogP contribution in [0.2, 0.25) is 0 Å². The molecule has 0 aromatic rings. The second-order valence-corrected chi connectivity index (χ2v) is 4.04. The van der Waals surface area contributed by atoms with Crippen LogP contribution in [0.1, 0.15) is 32.6 Å². The minimum atomic E-state index is 0.0334. The van der Waals surface area contributed by atoms with Crippen molar-refractivity contribution in [2.45, 2.75) is 38.6 Å². The molecule has 1 aliphatic rings. The lowest BCUT2D eigenvalue weighted by Gasteiger charge is -2.15. The van der Waals surface area contributed by atoms with Crippen molar-refractivity contribution in [3.8, 4) is 12.3 Å². The Morgan fingerprint density at radius 3 is 2.87 bits per heavy atom. The highest BCUT2D eigenvalue weighted by Crippen LogP contribution is 2.33. The maximum absolute atomic E-state index is 11.2. The molecule has 1 aliphatic carbocycles. The van der Waals surface area contributed by atoms with E-state index < -0.39 is 0 Å². The Hall–Kier alpha value is -1.01. The smallest absolute Gasteiger partial charge is 0.222 e. The summed E-state index contributed by atoms with van der Waals surface area (Å²) in [6.45, 7) is 3.28. The van der Waals surface area contributed by atoms with Crippen LogP contribution in [-0.2, 0) is 4.79 Å². The highest BCUT2D eigenvalue weighted by Gasteiger charge is 2.29. The molecule has 0 heterocycles. The molecular formula is C12H20N2O. The van der Waals surface area contributed by atoms with Gasteiger partial charge in [-0.15, -0.1) is 6.42 Å². The predicted octanol–water partition coefficient (Wildman–Crippen LogP) is 0.904. The molecule has 0 aromatic carbocycles. The maximum Gasteiger partial charge on any atom is 0.222 e. The van der Waals surface area contributed by atoms with E-state index in [4.69, 9.17) is 6.42 Å². The number of nitrogens with one attached hydrogen (secondary N) is 2. The van der Waals surface area contributed by atoms with Gasteiger partial charge in [0.1, 0.15) is 0 Å². The van der Waals surface area contributed by atoms with Crippen LogP contribution in [0.25, 0.3) is 0 Å². The van der Waals surface area contributed by atoms with Gasteiger partial charge >= 0.3 is 0 Å². The first kappa shape index (κ1) is 12.1. The fraction of sp³-hybridized carbons (Fsp3) is 0.750. The van der Waals surface area contributed by atoms with Crippen LogP contribution >= 0.6 is 0 Å². The number of rotatable bonds is 7. The molecule has 0 bridgehead atoms. The lowest BCUT2D eigenvalue weighted by molar-refractivity contribution is -0.120. The monoisotopic (exact) mass is 208 g/mol. The van der Waals surface area contributed by atoms with Gasteiger partial charge in [0.25, 0.3) is 0 Å². The lowest BCUT2D eigenvalue weighted by atomic mass is 10.1. The van der Waals surface area contributed by atoms with Crippen molar-refractivity contribution in [1.29, 1.82) is 0 Å². The highest BCUT2D eigenvalue weighted by atomic mass is 16.1. The quantitative estimate of drug-likeness (QED) is 0.610. The molecule has 0 radical (unpaired) electrons. The summed E-state index contributed by atoms with van der Waals surface area (Å²) >= 11 is 0. The number of carbonyl (C=O) groups is 1. The Morgan fingerprint density at radius 1 is 1.60 bits per heavy atom. The summed E-state index contributed by atoms with van der Waals surface area (Å²) in [6.07, 6.45) is 9.40. The molecule has 1 saturated carbocycles. The molecule has 0 saturated heterocycles. The molecule has 1 unspecified atom stereocenters. The lowest BCUT2D eigenvalue weighted by Crippen LogP contribution is -2.34. The third-order valence-electron chi connectivity index (χ3n) is 2.78. The van der Waals surface area contributed by atoms with Gasteiger partial charge in [-0.25, -0.2) is 0 Å². The summed E-state index contributed by atoms with van der Waals surface area (Å²) in [4.78, 5) is 11.2. The van der Waals surface area contributed by atoms with Crippen LogP contribution < -0.4 is 10.6 Å². The first-order valence-corrected chi connectivity index (χ1v) is 5.71. The van der Waals surface area contributed by atoms with Crippen LogP contribution in [0.4, 0.5) is 0 Å². The van der Waals surface area contributed by atoms with Crippen molar-refractivity contribution in [2.75, 3.05) is 13.1 Å². The van der Waals surface area contributed by atoms with Crippen molar-refractivity contribution >= 4 is 5.91 Å². The number of hydrogen-bond acceptors (Lipinski definition) is 2. The number of terminal acetylenes is 1. The van der Waals surface area contributed by atoms with E-state index in [-0.39, 0.29) is 5.91 Å². The Balaban J connectivity index is 2.04. The van der Waals surface area contributed by atoms with Crippen LogP contribution in [0, 0.1) is 18.3 Å². The number of carbonyl (C=O) groups excluding carboxylic acids is 1. The number of amides is 1. The molecule has 0 spiro atoms. The summed E-state index contributed by atoms with van der Waals surface area (Å²) < 4.78 is 0. The Morgan fingerprint density at radius 2 is 2.33 bits per heavy atom. The molecule has 0 aromatic heterocycles. The molecule has 15 heavy (non-hydrogen) atoms. The van der Waals surface area contributed by atoms with Gasteiger partial charge in [0.05, 0.1) is 6.54 Å². The van der Waals surface area contributed by atoms with E-state index in [0.717, 1.165) is 18.9 Å².